The number of nitrogens with two attached hydrogens (primary N) is 1. The highest BCUT2D eigenvalue weighted by atomic mass is 16.6. The van der Waals surface area contributed by atoms with Crippen LogP contribution in [-0.2, 0) is 30.3 Å². The van der Waals surface area contributed by atoms with Crippen molar-refractivity contribution < 1.29 is 18.5 Å². The minimum absolute atomic E-state index is 0.102. The molecule has 16 rings (SSSR count). The second-order valence-corrected chi connectivity index (χ2v) is 18.9. The van der Waals surface area contributed by atoms with E-state index < -0.39 is 5.41 Å². The van der Waals surface area contributed by atoms with E-state index in [2.05, 4.69) is 143 Å². The van der Waals surface area contributed by atoms with Crippen molar-refractivity contribution in [2.24, 2.45) is 5.90 Å². The zero-order valence-electron chi connectivity index (χ0n) is 38.9. The van der Waals surface area contributed by atoms with E-state index in [-0.39, 0.29) is 11.2 Å². The number of anilines is 2. The summed E-state index contributed by atoms with van der Waals surface area (Å²) < 4.78 is 8.84. The Morgan fingerprint density at radius 1 is 0.658 bits per heavy atom. The summed E-state index contributed by atoms with van der Waals surface area (Å²) >= 11 is 0. The monoisotopic (exact) mass is 943 g/mol. The van der Waals surface area contributed by atoms with Crippen molar-refractivity contribution in [2.75, 3.05) is 9.80 Å². The van der Waals surface area contributed by atoms with Crippen molar-refractivity contribution >= 4 is 89.6 Å². The van der Waals surface area contributed by atoms with Gasteiger partial charge in [-0.15, -0.1) is 0 Å². The van der Waals surface area contributed by atoms with E-state index in [1.54, 1.807) is 12.1 Å². The Morgan fingerprint density at radius 3 is 2.15 bits per heavy atom. The molecular formula is C61H39N10O2+3. The zero-order chi connectivity index (χ0) is 49.1. The normalized spacial score (nSPS) is 14.5. The Labute approximate surface area is 415 Å². The van der Waals surface area contributed by atoms with Crippen molar-refractivity contribution in [1.29, 1.82) is 15.8 Å². The fourth-order valence-corrected chi connectivity index (χ4v) is 11.9. The molecule has 0 spiro atoms. The smallest absolute Gasteiger partial charge is 0.230 e. The van der Waals surface area contributed by atoms with Crippen LogP contribution in [0.25, 0.3) is 89.5 Å². The van der Waals surface area contributed by atoms with E-state index in [1.165, 1.54) is 54.1 Å². The topological polar surface area (TPSA) is 147 Å². The number of nitriles is 3. The third-order valence-corrected chi connectivity index (χ3v) is 15.0. The van der Waals surface area contributed by atoms with Gasteiger partial charge in [-0.05, 0) is 110 Å². The van der Waals surface area contributed by atoms with E-state index >= 15 is 0 Å². The second kappa shape index (κ2) is 15.7. The number of allylic oxidation sites excluding steroid dienone is 2. The van der Waals surface area contributed by atoms with E-state index in [0.717, 1.165) is 67.8 Å². The van der Waals surface area contributed by atoms with Gasteiger partial charge in [-0.25, -0.2) is 0 Å². The van der Waals surface area contributed by atoms with Gasteiger partial charge in [0.2, 0.25) is 42.5 Å². The van der Waals surface area contributed by atoms with Gasteiger partial charge in [-0.1, -0.05) is 60.7 Å². The van der Waals surface area contributed by atoms with Crippen LogP contribution in [0.3, 0.4) is 0 Å². The van der Waals surface area contributed by atoms with Crippen molar-refractivity contribution in [1.82, 2.24) is 4.57 Å². The standard InChI is InChI=1S/C25H17N4O.C19H11N4.C17H11N2O/c26-14-22(30-27)17-7-5-16(6-8-17)21-13-19-10-9-18-3-1-11-28-15-29-12-2-4-20(21)25(29)23(19)24(18)28;20-10-19(11-21)9-14-6-5-13-3-1-7-22-12-23-8-2-4-15(19)18(23)16(14)17(13)22;20-14-9-12-6-5-11-3-1-7-18-10-19-8-2-4-13(14)17(19)15(12)16(11)18/h1-13H,15,27H2;1-9H,12H2;1-9H,10H2/q3*+1. The molecule has 0 unspecified atom stereocenters. The molecule has 6 aromatic carbocycles. The van der Waals surface area contributed by atoms with Gasteiger partial charge in [0.05, 0.1) is 56.3 Å². The molecule has 73 heavy (non-hydrogen) atoms. The van der Waals surface area contributed by atoms with Crippen LogP contribution in [0, 0.1) is 44.4 Å². The quantitative estimate of drug-likeness (QED) is 0.131. The molecule has 0 fully saturated rings. The fraction of sp³-hybridized carbons (Fsp3) is 0.0656. The van der Waals surface area contributed by atoms with E-state index in [0.29, 0.717) is 11.9 Å². The molecule has 12 nitrogen and oxygen atoms in total. The lowest BCUT2D eigenvalue weighted by Crippen LogP contribution is -2.52. The summed E-state index contributed by atoms with van der Waals surface area (Å²) in [7, 11) is 0. The highest BCUT2D eigenvalue weighted by molar-refractivity contribution is 6.17. The first kappa shape index (κ1) is 41.8. The molecule has 2 N–H and O–H groups in total. The van der Waals surface area contributed by atoms with Crippen molar-refractivity contribution in [2.45, 2.75) is 25.4 Å². The van der Waals surface area contributed by atoms with Crippen LogP contribution in [0.4, 0.5) is 11.4 Å². The Kier molecular flexibility index (Phi) is 8.96. The van der Waals surface area contributed by atoms with Crippen molar-refractivity contribution in [3.63, 3.8) is 0 Å². The van der Waals surface area contributed by atoms with Gasteiger partial charge in [0.15, 0.2) is 29.4 Å². The summed E-state index contributed by atoms with van der Waals surface area (Å²) in [6, 6.07) is 47.0. The number of nitrogens with zero attached hydrogens (tertiary/aromatic N) is 9. The summed E-state index contributed by atoms with van der Waals surface area (Å²) in [6.45, 7) is 2.23. The summed E-state index contributed by atoms with van der Waals surface area (Å²) in [5, 5.41) is 42.8. The predicted molar refractivity (Wildman–Crippen MR) is 279 cm³/mol. The highest BCUT2D eigenvalue weighted by Crippen LogP contribution is 2.40. The maximum atomic E-state index is 12.3. The molecule has 0 saturated heterocycles. The van der Waals surface area contributed by atoms with Gasteiger partial charge in [0.25, 0.3) is 0 Å². The SMILES string of the molecule is N#CC(ON)=c1ccc(=c2cc3ccc4ccc[n+]5c4c3c3c2=CC=CN3C5)cc1.N#CC1(C#N)C=c2ccc3c4c2-c2c1ccc[n+]2CN4C=CC=3.O=c1cc2ccc3cccn4c3c2c2c1ccc[n+]2C4. The van der Waals surface area contributed by atoms with Crippen LogP contribution < -0.4 is 55.7 Å². The number of hydrogen-bond acceptors (Lipinski definition) is 8. The predicted octanol–water partition coefficient (Wildman–Crippen LogP) is 5.39. The van der Waals surface area contributed by atoms with Gasteiger partial charge in [0, 0.05) is 52.6 Å². The van der Waals surface area contributed by atoms with Crippen LogP contribution in [0.5, 0.6) is 0 Å². The summed E-state index contributed by atoms with van der Waals surface area (Å²) in [5.41, 5.74) is 7.74. The Hall–Kier alpha value is -10.2. The third kappa shape index (κ3) is 6.01. The molecule has 0 bridgehead atoms. The van der Waals surface area contributed by atoms with Gasteiger partial charge >= 0.3 is 0 Å². The fourth-order valence-electron chi connectivity index (χ4n) is 11.9. The Bertz CT molecular complexity index is 4830. The van der Waals surface area contributed by atoms with Crippen LogP contribution in [-0.4, -0.2) is 4.57 Å². The second-order valence-electron chi connectivity index (χ2n) is 18.9. The molecule has 9 heterocycles. The Morgan fingerprint density at radius 2 is 1.34 bits per heavy atom. The largest absolute Gasteiger partial charge is 0.400 e. The minimum Gasteiger partial charge on any atom is -0.400 e. The lowest BCUT2D eigenvalue weighted by molar-refractivity contribution is -0.686. The van der Waals surface area contributed by atoms with Gasteiger partial charge in [-0.3, -0.25) is 19.2 Å². The van der Waals surface area contributed by atoms with Crippen LogP contribution in [0.1, 0.15) is 5.56 Å². The van der Waals surface area contributed by atoms with Crippen LogP contribution in [0.2, 0.25) is 0 Å². The number of pyridine rings is 4. The van der Waals surface area contributed by atoms with Gasteiger partial charge < -0.3 is 4.84 Å². The highest BCUT2D eigenvalue weighted by Gasteiger charge is 2.44. The maximum Gasteiger partial charge on any atom is 0.230 e. The summed E-state index contributed by atoms with van der Waals surface area (Å²) in [4.78, 5) is 21.5. The lowest BCUT2D eigenvalue weighted by atomic mass is 9.75. The number of benzene rings is 6. The minimum atomic E-state index is -1.23. The molecule has 0 radical (unpaired) electrons. The van der Waals surface area contributed by atoms with Gasteiger partial charge in [0.1, 0.15) is 6.07 Å². The van der Waals surface area contributed by atoms with E-state index in [9.17, 15) is 15.3 Å². The number of hydrogen-bond donors (Lipinski definition) is 1. The van der Waals surface area contributed by atoms with Crippen molar-refractivity contribution in [3.8, 4) is 29.5 Å². The molecule has 1 aliphatic carbocycles. The third-order valence-electron chi connectivity index (χ3n) is 15.0. The first-order chi connectivity index (χ1) is 35.9. The van der Waals surface area contributed by atoms with Crippen LogP contribution in [0.15, 0.2) is 175 Å². The molecule has 12 heteroatoms. The molecule has 6 aliphatic rings. The summed E-state index contributed by atoms with van der Waals surface area (Å²) in [6.07, 6.45) is 22.7. The molecule has 0 atom stereocenters. The number of rotatable bonds is 1. The average molecular weight is 944 g/mol. The average Bonchev–Trinajstić information content (AvgIpc) is 3.44. The maximum absolute atomic E-state index is 12.3. The summed E-state index contributed by atoms with van der Waals surface area (Å²) in [5.74, 6) is 5.31. The molecule has 10 aromatic rings. The van der Waals surface area contributed by atoms with E-state index in [4.69, 9.17) is 11.2 Å². The molecule has 5 aliphatic heterocycles. The Balaban J connectivity index is 0.000000104. The first-order valence-corrected chi connectivity index (χ1v) is 23.9. The zero-order valence-corrected chi connectivity index (χ0v) is 38.9. The number of aromatic nitrogens is 4. The van der Waals surface area contributed by atoms with Crippen molar-refractivity contribution in [3.05, 3.63) is 218 Å². The van der Waals surface area contributed by atoms with Crippen LogP contribution >= 0.6 is 0 Å². The molecule has 4 aromatic heterocycles. The van der Waals surface area contributed by atoms with Gasteiger partial charge in [-0.2, -0.15) is 35.4 Å². The molecule has 0 amide bonds. The molecular weight excluding hydrogens is 905 g/mol. The lowest BCUT2D eigenvalue weighted by Gasteiger charge is -2.32. The molecule has 342 valence electrons. The molecule has 0 saturated carbocycles. The van der Waals surface area contributed by atoms with E-state index in [1.807, 2.05) is 85.2 Å². The first-order valence-electron chi connectivity index (χ1n) is 23.9.